The van der Waals surface area contributed by atoms with Crippen LogP contribution in [0.5, 0.6) is 5.75 Å². The average molecular weight is 380 g/mol. The van der Waals surface area contributed by atoms with Gasteiger partial charge in [0.2, 0.25) is 0 Å². The molecule has 1 fully saturated rings. The lowest BCUT2D eigenvalue weighted by Crippen LogP contribution is -2.32. The van der Waals surface area contributed by atoms with Crippen LogP contribution in [0.3, 0.4) is 0 Å². The van der Waals surface area contributed by atoms with Crippen molar-refractivity contribution in [3.8, 4) is 5.75 Å². The number of ether oxygens (including phenoxy) is 1. The van der Waals surface area contributed by atoms with Crippen LogP contribution in [0.2, 0.25) is 0 Å². The van der Waals surface area contributed by atoms with Crippen LogP contribution in [0.25, 0.3) is 11.0 Å². The lowest BCUT2D eigenvalue weighted by molar-refractivity contribution is 0.0735. The van der Waals surface area contributed by atoms with Crippen molar-refractivity contribution in [3.63, 3.8) is 0 Å². The minimum atomic E-state index is -0.548. The van der Waals surface area contributed by atoms with Crippen molar-refractivity contribution in [2.75, 3.05) is 13.7 Å². The van der Waals surface area contributed by atoms with Gasteiger partial charge in [-0.05, 0) is 36.6 Å². The summed E-state index contributed by atoms with van der Waals surface area (Å²) in [5, 5.41) is 0.216. The number of carbonyl (C=O) groups excluding carboxylic acids is 1. The number of likely N-dealkylation sites (tertiary alicyclic amines) is 1. The number of fused-ring (bicyclic) bond motifs is 1. The number of carbonyl (C=O) groups is 1. The molecule has 2 aromatic heterocycles. The number of benzene rings is 1. The van der Waals surface area contributed by atoms with Crippen molar-refractivity contribution < 1.29 is 9.53 Å². The van der Waals surface area contributed by atoms with Crippen LogP contribution >= 0.6 is 0 Å². The first-order valence-corrected chi connectivity index (χ1v) is 9.03. The van der Waals surface area contributed by atoms with Crippen LogP contribution < -0.4 is 16.0 Å². The highest BCUT2D eigenvalue weighted by atomic mass is 16.5. The summed E-state index contributed by atoms with van der Waals surface area (Å²) in [6.45, 7) is 0.636. The largest absolute Gasteiger partial charge is 0.497 e. The maximum absolute atomic E-state index is 13.1. The standard InChI is InChI=1S/C20H20N4O4/c1-23-17-15(18(25)22-20(23)27)10-13(11-21-17)19(26)24-9-3-4-16(24)12-5-7-14(28-2)8-6-12/h5-8,10-11,16H,3-4,9H2,1-2H3,(H,22,25,27). The molecule has 1 amide bonds. The van der Waals surface area contributed by atoms with E-state index in [1.807, 2.05) is 24.3 Å². The maximum Gasteiger partial charge on any atom is 0.329 e. The van der Waals surface area contributed by atoms with Crippen molar-refractivity contribution >= 4 is 16.9 Å². The number of aromatic amines is 1. The molecule has 1 aromatic carbocycles. The molecule has 8 nitrogen and oxygen atoms in total. The highest BCUT2D eigenvalue weighted by molar-refractivity contribution is 5.97. The lowest BCUT2D eigenvalue weighted by atomic mass is 10.0. The third kappa shape index (κ3) is 2.96. The molecule has 1 saturated heterocycles. The predicted octanol–water partition coefficient (Wildman–Crippen LogP) is 1.61. The Bertz CT molecular complexity index is 1160. The van der Waals surface area contributed by atoms with Gasteiger partial charge in [0.1, 0.15) is 11.4 Å². The predicted molar refractivity (Wildman–Crippen MR) is 104 cm³/mol. The second-order valence-electron chi connectivity index (χ2n) is 6.84. The summed E-state index contributed by atoms with van der Waals surface area (Å²) in [7, 11) is 3.14. The number of aromatic nitrogens is 3. The van der Waals surface area contributed by atoms with Crippen LogP contribution in [-0.4, -0.2) is 39.0 Å². The van der Waals surface area contributed by atoms with Crippen molar-refractivity contribution in [2.45, 2.75) is 18.9 Å². The third-order valence-electron chi connectivity index (χ3n) is 5.22. The molecule has 1 atom stereocenters. The molecule has 3 heterocycles. The number of pyridine rings is 1. The van der Waals surface area contributed by atoms with Gasteiger partial charge < -0.3 is 9.64 Å². The normalized spacial score (nSPS) is 16.5. The number of hydrogen-bond acceptors (Lipinski definition) is 5. The van der Waals surface area contributed by atoms with Gasteiger partial charge in [-0.1, -0.05) is 12.1 Å². The van der Waals surface area contributed by atoms with Crippen molar-refractivity contribution in [1.29, 1.82) is 0 Å². The fourth-order valence-electron chi connectivity index (χ4n) is 3.70. The van der Waals surface area contributed by atoms with Crippen LogP contribution in [0.4, 0.5) is 0 Å². The Hall–Kier alpha value is -3.42. The van der Waals surface area contributed by atoms with Gasteiger partial charge in [0.15, 0.2) is 0 Å². The van der Waals surface area contributed by atoms with Crippen molar-refractivity contribution in [1.82, 2.24) is 19.4 Å². The Labute approximate surface area is 160 Å². The molecule has 0 bridgehead atoms. The summed E-state index contributed by atoms with van der Waals surface area (Å²) in [6.07, 6.45) is 3.19. The van der Waals surface area contributed by atoms with Gasteiger partial charge in [-0.25, -0.2) is 9.78 Å². The molecule has 1 N–H and O–H groups in total. The van der Waals surface area contributed by atoms with Gasteiger partial charge in [-0.3, -0.25) is 19.1 Å². The highest BCUT2D eigenvalue weighted by Gasteiger charge is 2.31. The summed E-state index contributed by atoms with van der Waals surface area (Å²) in [5.41, 5.74) is 0.535. The Morgan fingerprint density at radius 2 is 2.00 bits per heavy atom. The molecule has 144 valence electrons. The Balaban J connectivity index is 1.69. The summed E-state index contributed by atoms with van der Waals surface area (Å²) < 4.78 is 6.45. The molecule has 0 saturated carbocycles. The Kier molecular flexibility index (Phi) is 4.46. The summed E-state index contributed by atoms with van der Waals surface area (Å²) >= 11 is 0. The van der Waals surface area contributed by atoms with Crippen LogP contribution in [0.1, 0.15) is 34.8 Å². The highest BCUT2D eigenvalue weighted by Crippen LogP contribution is 2.34. The summed E-state index contributed by atoms with van der Waals surface area (Å²) in [4.78, 5) is 45.2. The van der Waals surface area contributed by atoms with E-state index in [0.717, 1.165) is 24.2 Å². The first-order valence-electron chi connectivity index (χ1n) is 9.03. The molecule has 1 unspecified atom stereocenters. The molecule has 3 aromatic rings. The van der Waals surface area contributed by atoms with E-state index in [9.17, 15) is 14.4 Å². The van der Waals surface area contributed by atoms with E-state index < -0.39 is 11.2 Å². The van der Waals surface area contributed by atoms with Gasteiger partial charge in [0.05, 0.1) is 24.1 Å². The fourth-order valence-corrected chi connectivity index (χ4v) is 3.70. The number of H-pyrrole nitrogens is 1. The van der Waals surface area contributed by atoms with Crippen molar-refractivity contribution in [3.05, 3.63) is 68.5 Å². The molecule has 1 aliphatic heterocycles. The zero-order valence-corrected chi connectivity index (χ0v) is 15.6. The third-order valence-corrected chi connectivity index (χ3v) is 5.22. The molecule has 0 spiro atoms. The first-order chi connectivity index (χ1) is 13.5. The van der Waals surface area contributed by atoms with Gasteiger partial charge in [0, 0.05) is 19.8 Å². The first kappa shape index (κ1) is 18.0. The van der Waals surface area contributed by atoms with Gasteiger partial charge in [0.25, 0.3) is 11.5 Å². The molecule has 28 heavy (non-hydrogen) atoms. The summed E-state index contributed by atoms with van der Waals surface area (Å²) in [6, 6.07) is 9.17. The molecule has 1 aliphatic rings. The number of rotatable bonds is 3. The second-order valence-corrected chi connectivity index (χ2v) is 6.84. The number of aryl methyl sites for hydroxylation is 1. The maximum atomic E-state index is 13.1. The molecule has 4 rings (SSSR count). The zero-order valence-electron chi connectivity index (χ0n) is 15.6. The van der Waals surface area contributed by atoms with E-state index in [-0.39, 0.29) is 23.0 Å². The average Bonchev–Trinajstić information content (AvgIpc) is 3.21. The fraction of sp³-hybridized carbons (Fsp3) is 0.300. The molecule has 8 heteroatoms. The molecular weight excluding hydrogens is 360 g/mol. The molecule has 0 radical (unpaired) electrons. The Morgan fingerprint density at radius 1 is 1.25 bits per heavy atom. The number of nitrogens with one attached hydrogen (secondary N) is 1. The van der Waals surface area contributed by atoms with Gasteiger partial charge in [-0.2, -0.15) is 0 Å². The van der Waals surface area contributed by atoms with E-state index in [4.69, 9.17) is 4.74 Å². The van der Waals surface area contributed by atoms with Crippen LogP contribution in [-0.2, 0) is 7.05 Å². The minimum Gasteiger partial charge on any atom is -0.497 e. The zero-order chi connectivity index (χ0) is 19.8. The summed E-state index contributed by atoms with van der Waals surface area (Å²) in [5.74, 6) is 0.587. The smallest absolute Gasteiger partial charge is 0.329 e. The van der Waals surface area contributed by atoms with E-state index >= 15 is 0 Å². The topological polar surface area (TPSA) is 97.3 Å². The van der Waals surface area contributed by atoms with E-state index in [0.29, 0.717) is 12.1 Å². The van der Waals surface area contributed by atoms with E-state index in [1.165, 1.54) is 23.9 Å². The number of amides is 1. The van der Waals surface area contributed by atoms with E-state index in [2.05, 4.69) is 9.97 Å². The SMILES string of the molecule is COc1ccc(C2CCCN2C(=O)c2cnc3c(c2)c(=O)[nH]c(=O)n3C)cc1. The van der Waals surface area contributed by atoms with Crippen LogP contribution in [0, 0.1) is 0 Å². The Morgan fingerprint density at radius 3 is 2.71 bits per heavy atom. The monoisotopic (exact) mass is 380 g/mol. The van der Waals surface area contributed by atoms with Gasteiger partial charge in [-0.15, -0.1) is 0 Å². The number of nitrogens with zero attached hydrogens (tertiary/aromatic N) is 3. The van der Waals surface area contributed by atoms with Crippen molar-refractivity contribution in [2.24, 2.45) is 7.05 Å². The number of methoxy groups -OCH3 is 1. The quantitative estimate of drug-likeness (QED) is 0.744. The molecular formula is C20H20N4O4. The number of hydrogen-bond donors (Lipinski definition) is 1. The van der Waals surface area contributed by atoms with Crippen LogP contribution in [0.15, 0.2) is 46.1 Å². The second kappa shape index (κ2) is 6.95. The minimum absolute atomic E-state index is 0.0347. The molecule has 0 aliphatic carbocycles. The lowest BCUT2D eigenvalue weighted by Gasteiger charge is -2.25. The van der Waals surface area contributed by atoms with Gasteiger partial charge >= 0.3 is 5.69 Å². The van der Waals surface area contributed by atoms with E-state index in [1.54, 1.807) is 12.0 Å².